The van der Waals surface area contributed by atoms with Crippen LogP contribution in [-0.2, 0) is 13.0 Å². The Kier molecular flexibility index (Phi) is 4.66. The third-order valence-corrected chi connectivity index (χ3v) is 5.72. The Morgan fingerprint density at radius 2 is 1.91 bits per heavy atom. The highest BCUT2D eigenvalue weighted by molar-refractivity contribution is 5.86. The van der Waals surface area contributed by atoms with Gasteiger partial charge in [-0.1, -0.05) is 0 Å². The molecule has 1 N–H and O–H groups in total. The van der Waals surface area contributed by atoms with Gasteiger partial charge in [0.05, 0.1) is 0 Å². The molecule has 0 atom stereocenters. The molecule has 0 aliphatic carbocycles. The van der Waals surface area contributed by atoms with Gasteiger partial charge in [-0.05, 0) is 48.7 Å². The molecular formula is C23H20N6O3. The van der Waals surface area contributed by atoms with Crippen LogP contribution in [-0.4, -0.2) is 42.2 Å². The first-order valence-electron chi connectivity index (χ1n) is 10.2. The lowest BCUT2D eigenvalue weighted by Gasteiger charge is -2.30. The first-order valence-corrected chi connectivity index (χ1v) is 10.2. The summed E-state index contributed by atoms with van der Waals surface area (Å²) in [6, 6.07) is 6.90. The molecule has 9 heteroatoms. The third kappa shape index (κ3) is 3.37. The van der Waals surface area contributed by atoms with Gasteiger partial charge in [0, 0.05) is 61.0 Å². The van der Waals surface area contributed by atoms with Crippen molar-refractivity contribution in [1.82, 2.24) is 24.6 Å². The third-order valence-electron chi connectivity index (χ3n) is 5.72. The molecule has 4 aromatic heterocycles. The predicted octanol–water partition coefficient (Wildman–Crippen LogP) is 2.42. The van der Waals surface area contributed by atoms with Crippen molar-refractivity contribution in [2.24, 2.45) is 0 Å². The molecule has 5 rings (SSSR count). The van der Waals surface area contributed by atoms with Gasteiger partial charge in [0.15, 0.2) is 11.5 Å². The normalized spacial score (nSPS) is 13.2. The van der Waals surface area contributed by atoms with E-state index in [0.29, 0.717) is 12.2 Å². The van der Waals surface area contributed by atoms with Crippen LogP contribution < -0.4 is 10.5 Å². The number of carboxylic acids is 1. The number of carbonyl (C=O) groups is 1. The molecule has 1 aliphatic heterocycles. The van der Waals surface area contributed by atoms with Crippen molar-refractivity contribution in [3.8, 4) is 11.1 Å². The summed E-state index contributed by atoms with van der Waals surface area (Å²) in [5, 5.41) is 13.7. The van der Waals surface area contributed by atoms with E-state index >= 15 is 0 Å². The Labute approximate surface area is 183 Å². The summed E-state index contributed by atoms with van der Waals surface area (Å²) in [5.41, 5.74) is 5.91. The lowest BCUT2D eigenvalue weighted by atomic mass is 9.98. The molecule has 0 saturated heterocycles. The fraction of sp³-hybridized carbons (Fsp3) is 0.217. The van der Waals surface area contributed by atoms with Crippen LogP contribution in [0.3, 0.4) is 0 Å². The van der Waals surface area contributed by atoms with E-state index in [9.17, 15) is 9.59 Å². The Morgan fingerprint density at radius 3 is 2.69 bits per heavy atom. The molecule has 0 amide bonds. The number of aryl methyl sites for hydroxylation is 2. The lowest BCUT2D eigenvalue weighted by molar-refractivity contribution is 0.0690. The smallest absolute Gasteiger partial charge is 0.354 e. The minimum atomic E-state index is -1.05. The molecule has 32 heavy (non-hydrogen) atoms. The zero-order valence-electron chi connectivity index (χ0n) is 17.6. The van der Waals surface area contributed by atoms with E-state index in [1.807, 2.05) is 26.1 Å². The van der Waals surface area contributed by atoms with Crippen LogP contribution in [0, 0.1) is 13.8 Å². The quantitative estimate of drug-likeness (QED) is 0.529. The molecule has 0 fully saturated rings. The lowest BCUT2D eigenvalue weighted by Crippen LogP contribution is -2.33. The maximum absolute atomic E-state index is 12.2. The molecule has 0 spiro atoms. The summed E-state index contributed by atoms with van der Waals surface area (Å²) >= 11 is 0. The van der Waals surface area contributed by atoms with E-state index in [0.717, 1.165) is 52.3 Å². The van der Waals surface area contributed by atoms with E-state index in [2.05, 4.69) is 31.0 Å². The van der Waals surface area contributed by atoms with Crippen LogP contribution in [0.1, 0.15) is 32.9 Å². The fourth-order valence-electron chi connectivity index (χ4n) is 4.09. The van der Waals surface area contributed by atoms with E-state index in [1.165, 1.54) is 16.8 Å². The van der Waals surface area contributed by atoms with E-state index < -0.39 is 5.97 Å². The molecule has 0 bridgehead atoms. The second-order valence-electron chi connectivity index (χ2n) is 7.90. The largest absolute Gasteiger partial charge is 0.477 e. The molecule has 0 aromatic carbocycles. The van der Waals surface area contributed by atoms with Crippen LogP contribution in [0.15, 0.2) is 47.7 Å². The fourth-order valence-corrected chi connectivity index (χ4v) is 4.09. The van der Waals surface area contributed by atoms with Crippen molar-refractivity contribution in [3.63, 3.8) is 0 Å². The van der Waals surface area contributed by atoms with Crippen LogP contribution in [0.4, 0.5) is 5.82 Å². The number of hydrogen-bond acceptors (Lipinski definition) is 7. The number of anilines is 1. The Balaban J connectivity index is 1.51. The summed E-state index contributed by atoms with van der Waals surface area (Å²) in [5.74, 6) is -0.307. The van der Waals surface area contributed by atoms with Crippen molar-refractivity contribution < 1.29 is 9.90 Å². The first-order chi connectivity index (χ1) is 15.4. The molecule has 4 aromatic rings. The highest BCUT2D eigenvalue weighted by Gasteiger charge is 2.22. The Bertz CT molecular complexity index is 1450. The summed E-state index contributed by atoms with van der Waals surface area (Å²) in [6.07, 6.45) is 5.63. The van der Waals surface area contributed by atoms with Crippen LogP contribution >= 0.6 is 0 Å². The monoisotopic (exact) mass is 428 g/mol. The summed E-state index contributed by atoms with van der Waals surface area (Å²) in [6.45, 7) is 5.17. The number of pyridine rings is 2. The first kappa shape index (κ1) is 19.8. The Morgan fingerprint density at radius 1 is 1.06 bits per heavy atom. The number of carboxylic acid groups (broad SMARTS) is 1. The average Bonchev–Trinajstić information content (AvgIpc) is 2.78. The van der Waals surface area contributed by atoms with Gasteiger partial charge in [-0.3, -0.25) is 9.78 Å². The second kappa shape index (κ2) is 7.52. The van der Waals surface area contributed by atoms with E-state index in [-0.39, 0.29) is 11.3 Å². The van der Waals surface area contributed by atoms with Crippen molar-refractivity contribution in [1.29, 1.82) is 0 Å². The zero-order chi connectivity index (χ0) is 22.4. The summed E-state index contributed by atoms with van der Waals surface area (Å²) in [7, 11) is 0. The maximum Gasteiger partial charge on any atom is 0.354 e. The highest BCUT2D eigenvalue weighted by Crippen LogP contribution is 2.29. The number of fused-ring (bicyclic) bond motifs is 2. The van der Waals surface area contributed by atoms with Gasteiger partial charge in [0.25, 0.3) is 5.56 Å². The molecule has 5 heterocycles. The van der Waals surface area contributed by atoms with Crippen molar-refractivity contribution >= 4 is 17.4 Å². The number of nitrogens with zero attached hydrogens (tertiary/aromatic N) is 6. The maximum atomic E-state index is 12.2. The molecular weight excluding hydrogens is 408 g/mol. The van der Waals surface area contributed by atoms with Crippen molar-refractivity contribution in [3.05, 3.63) is 81.3 Å². The van der Waals surface area contributed by atoms with Crippen LogP contribution in [0.5, 0.6) is 0 Å². The number of hydrogen-bond donors (Lipinski definition) is 1. The van der Waals surface area contributed by atoms with E-state index in [4.69, 9.17) is 5.11 Å². The molecule has 1 aliphatic rings. The minimum absolute atomic E-state index is 0.0194. The summed E-state index contributed by atoms with van der Waals surface area (Å²) in [4.78, 5) is 38.5. The van der Waals surface area contributed by atoms with Crippen molar-refractivity contribution in [2.45, 2.75) is 26.8 Å². The molecule has 0 unspecified atom stereocenters. The van der Waals surface area contributed by atoms with Gasteiger partial charge in [0.2, 0.25) is 0 Å². The molecule has 9 nitrogen and oxygen atoms in total. The standard InChI is InChI=1S/C23H20N6O3/c1-13-7-19(23(31)32)26-11-17(13)15-9-16-12-28(6-4-18(16)25-10-15)22-14(2)8-20-24-5-3-21(30)29(20)27-22/h3,5,7-11H,4,6,12H2,1-2H3,(H,31,32). The van der Waals surface area contributed by atoms with Gasteiger partial charge in [-0.15, -0.1) is 5.10 Å². The zero-order valence-corrected chi connectivity index (χ0v) is 17.6. The van der Waals surface area contributed by atoms with Gasteiger partial charge in [-0.2, -0.15) is 4.52 Å². The number of aromatic nitrogens is 5. The van der Waals surface area contributed by atoms with Gasteiger partial charge < -0.3 is 10.0 Å². The number of rotatable bonds is 3. The highest BCUT2D eigenvalue weighted by atomic mass is 16.4. The minimum Gasteiger partial charge on any atom is -0.477 e. The average molecular weight is 428 g/mol. The molecule has 160 valence electrons. The van der Waals surface area contributed by atoms with Crippen LogP contribution in [0.25, 0.3) is 16.8 Å². The van der Waals surface area contributed by atoms with Gasteiger partial charge in [0.1, 0.15) is 5.69 Å². The topological polar surface area (TPSA) is 114 Å². The van der Waals surface area contributed by atoms with E-state index in [1.54, 1.807) is 12.3 Å². The predicted molar refractivity (Wildman–Crippen MR) is 118 cm³/mol. The second-order valence-corrected chi connectivity index (χ2v) is 7.90. The SMILES string of the molecule is Cc1cc(C(=O)O)ncc1-c1cnc2c(c1)CN(c1nn3c(=O)ccnc3cc1C)CC2. The van der Waals surface area contributed by atoms with Gasteiger partial charge >= 0.3 is 5.97 Å². The Hall–Kier alpha value is -4.14. The molecule has 0 saturated carbocycles. The van der Waals surface area contributed by atoms with Gasteiger partial charge in [-0.25, -0.2) is 14.8 Å². The van der Waals surface area contributed by atoms with Crippen molar-refractivity contribution in [2.75, 3.05) is 11.4 Å². The summed E-state index contributed by atoms with van der Waals surface area (Å²) < 4.78 is 1.32. The molecule has 0 radical (unpaired) electrons. The van der Waals surface area contributed by atoms with Crippen LogP contribution in [0.2, 0.25) is 0 Å². The number of aromatic carboxylic acids is 1.